The summed E-state index contributed by atoms with van der Waals surface area (Å²) < 4.78 is 57.9. The first-order chi connectivity index (χ1) is 13.5. The maximum Gasteiger partial charge on any atom is 0.413 e. The number of carbonyl (C=O) groups is 1. The summed E-state index contributed by atoms with van der Waals surface area (Å²) in [4.78, 5) is 12.4. The predicted molar refractivity (Wildman–Crippen MR) is 99.7 cm³/mol. The van der Waals surface area contributed by atoms with E-state index < -0.39 is 18.2 Å². The van der Waals surface area contributed by atoms with E-state index in [0.717, 1.165) is 0 Å². The minimum atomic E-state index is -4.72. The molecule has 0 radical (unpaired) electrons. The van der Waals surface area contributed by atoms with Gasteiger partial charge in [-0.1, -0.05) is 0 Å². The molecule has 0 aliphatic heterocycles. The van der Waals surface area contributed by atoms with E-state index >= 15 is 0 Å². The molecular weight excluding hydrogens is 393 g/mol. The van der Waals surface area contributed by atoms with Gasteiger partial charge in [0.1, 0.15) is 0 Å². The van der Waals surface area contributed by atoms with Crippen molar-refractivity contribution < 1.29 is 32.2 Å². The number of alkyl halides is 3. The van der Waals surface area contributed by atoms with E-state index in [9.17, 15) is 18.0 Å². The van der Waals surface area contributed by atoms with E-state index in [1.807, 2.05) is 5.32 Å². The largest absolute Gasteiger partial charge is 0.493 e. The molecule has 2 amide bonds. The summed E-state index contributed by atoms with van der Waals surface area (Å²) in [5.41, 5.74) is 0.552. The number of nitrogens with zero attached hydrogens (tertiary/aromatic N) is 2. The average molecular weight is 416 g/mol. The molecule has 1 aromatic heterocycles. The second-order valence-electron chi connectivity index (χ2n) is 6.20. The molecule has 0 unspecified atom stereocenters. The number of urea groups is 1. The third-order valence-corrected chi connectivity index (χ3v) is 4.38. The number of benzene rings is 1. The van der Waals surface area contributed by atoms with Crippen LogP contribution in [0.25, 0.3) is 0 Å². The van der Waals surface area contributed by atoms with E-state index in [4.69, 9.17) is 14.2 Å². The van der Waals surface area contributed by atoms with Crippen LogP contribution in [0.3, 0.4) is 0 Å². The van der Waals surface area contributed by atoms with Crippen LogP contribution >= 0.6 is 0 Å². The Morgan fingerprint density at radius 1 is 1.10 bits per heavy atom. The maximum atomic E-state index is 13.7. The van der Waals surface area contributed by atoms with Gasteiger partial charge in [-0.3, -0.25) is 4.68 Å². The van der Waals surface area contributed by atoms with Crippen molar-refractivity contribution in [1.82, 2.24) is 15.1 Å². The molecule has 8 nitrogen and oxygen atoms in total. The number of hydrogen-bond donors (Lipinski definition) is 2. The van der Waals surface area contributed by atoms with Crippen LogP contribution in [0.2, 0.25) is 0 Å². The van der Waals surface area contributed by atoms with E-state index in [-0.39, 0.29) is 34.2 Å². The zero-order valence-corrected chi connectivity index (χ0v) is 16.9. The molecule has 2 rings (SSSR count). The molecule has 0 saturated heterocycles. The Labute approximate surface area is 165 Å². The van der Waals surface area contributed by atoms with Gasteiger partial charge in [0.2, 0.25) is 5.75 Å². The van der Waals surface area contributed by atoms with Crippen molar-refractivity contribution in [3.63, 3.8) is 0 Å². The lowest BCUT2D eigenvalue weighted by Crippen LogP contribution is -2.41. The van der Waals surface area contributed by atoms with Crippen molar-refractivity contribution >= 4 is 11.7 Å². The van der Waals surface area contributed by atoms with Crippen molar-refractivity contribution in [2.75, 3.05) is 26.6 Å². The Bertz CT molecular complexity index is 871. The number of hydrogen-bond acceptors (Lipinski definition) is 5. The Balaban J connectivity index is 2.32. The normalized spacial score (nSPS) is 12.3. The Hall–Kier alpha value is -3.11. The van der Waals surface area contributed by atoms with Crippen LogP contribution in [0.5, 0.6) is 17.2 Å². The lowest BCUT2D eigenvalue weighted by molar-refractivity contribution is -0.155. The van der Waals surface area contributed by atoms with Crippen molar-refractivity contribution in [3.05, 3.63) is 29.1 Å². The molecule has 0 bridgehead atoms. The maximum absolute atomic E-state index is 13.7. The number of halogens is 3. The van der Waals surface area contributed by atoms with Crippen molar-refractivity contribution in [2.45, 2.75) is 26.1 Å². The van der Waals surface area contributed by atoms with Crippen molar-refractivity contribution in [2.24, 2.45) is 7.05 Å². The molecule has 0 saturated carbocycles. The summed E-state index contributed by atoms with van der Waals surface area (Å²) in [5, 5.41) is 8.35. The minimum absolute atomic E-state index is 0.0972. The Morgan fingerprint density at radius 2 is 1.66 bits per heavy atom. The summed E-state index contributed by atoms with van der Waals surface area (Å²) in [6.45, 7) is 2.96. The van der Waals surface area contributed by atoms with Gasteiger partial charge in [0.05, 0.1) is 32.7 Å². The number of rotatable bonds is 6. The van der Waals surface area contributed by atoms with Gasteiger partial charge < -0.3 is 24.8 Å². The van der Waals surface area contributed by atoms with Gasteiger partial charge in [-0.05, 0) is 13.8 Å². The molecule has 160 valence electrons. The number of anilines is 1. The molecule has 1 atom stereocenters. The minimum Gasteiger partial charge on any atom is -0.493 e. The van der Waals surface area contributed by atoms with E-state index in [0.29, 0.717) is 5.69 Å². The second-order valence-corrected chi connectivity index (χ2v) is 6.20. The number of amides is 2. The van der Waals surface area contributed by atoms with Gasteiger partial charge in [-0.2, -0.15) is 18.3 Å². The molecule has 0 spiro atoms. The molecule has 11 heteroatoms. The SMILES string of the molecule is COc1cc(NC(=O)N[C@H](c2c(C)nn(C)c2C)C(F)(F)F)cc(OC)c1OC. The van der Waals surface area contributed by atoms with Gasteiger partial charge in [0.25, 0.3) is 0 Å². The smallest absolute Gasteiger partial charge is 0.413 e. The summed E-state index contributed by atoms with van der Waals surface area (Å²) in [6, 6.07) is -0.462. The van der Waals surface area contributed by atoms with Crippen molar-refractivity contribution in [1.29, 1.82) is 0 Å². The molecule has 2 N–H and O–H groups in total. The monoisotopic (exact) mass is 416 g/mol. The predicted octanol–water partition coefficient (Wildman–Crippen LogP) is 3.49. The number of nitrogens with one attached hydrogen (secondary N) is 2. The average Bonchev–Trinajstić information content (AvgIpc) is 2.89. The number of aromatic nitrogens is 2. The highest BCUT2D eigenvalue weighted by Gasteiger charge is 2.44. The third kappa shape index (κ3) is 4.66. The molecule has 2 aromatic rings. The molecule has 0 aliphatic rings. The van der Waals surface area contributed by atoms with Gasteiger partial charge in [-0.25, -0.2) is 4.79 Å². The molecular formula is C18H23F3N4O4. The summed E-state index contributed by atoms with van der Waals surface area (Å²) in [6.07, 6.45) is -4.72. The highest BCUT2D eigenvalue weighted by Crippen LogP contribution is 2.40. The van der Waals surface area contributed by atoms with Gasteiger partial charge in [0, 0.05) is 30.4 Å². The van der Waals surface area contributed by atoms with Gasteiger partial charge in [-0.15, -0.1) is 0 Å². The highest BCUT2D eigenvalue weighted by molar-refractivity contribution is 5.90. The van der Waals surface area contributed by atoms with Crippen molar-refractivity contribution in [3.8, 4) is 17.2 Å². The van der Waals surface area contributed by atoms with Crippen LogP contribution in [-0.2, 0) is 7.05 Å². The number of methoxy groups -OCH3 is 3. The van der Waals surface area contributed by atoms with Gasteiger partial charge >= 0.3 is 12.2 Å². The molecule has 0 fully saturated rings. The first kappa shape index (κ1) is 22.2. The van der Waals surface area contributed by atoms with Crippen LogP contribution in [0, 0.1) is 13.8 Å². The number of ether oxygens (including phenoxy) is 3. The number of carbonyl (C=O) groups excluding carboxylic acids is 1. The fraction of sp³-hybridized carbons (Fsp3) is 0.444. The fourth-order valence-electron chi connectivity index (χ4n) is 2.98. The Morgan fingerprint density at radius 3 is 2.03 bits per heavy atom. The van der Waals surface area contributed by atoms with Crippen LogP contribution < -0.4 is 24.8 Å². The van der Waals surface area contributed by atoms with E-state index in [2.05, 4.69) is 10.4 Å². The van der Waals surface area contributed by atoms with E-state index in [1.54, 1.807) is 0 Å². The molecule has 29 heavy (non-hydrogen) atoms. The second kappa shape index (κ2) is 8.50. The van der Waals surface area contributed by atoms with Crippen LogP contribution in [0.1, 0.15) is 23.0 Å². The lowest BCUT2D eigenvalue weighted by atomic mass is 10.0. The van der Waals surface area contributed by atoms with E-state index in [1.165, 1.54) is 59.0 Å². The molecule has 1 heterocycles. The topological polar surface area (TPSA) is 86.6 Å². The first-order valence-electron chi connectivity index (χ1n) is 8.47. The summed E-state index contributed by atoms with van der Waals surface area (Å²) >= 11 is 0. The highest BCUT2D eigenvalue weighted by atomic mass is 19.4. The fourth-order valence-corrected chi connectivity index (χ4v) is 2.98. The quantitative estimate of drug-likeness (QED) is 0.753. The molecule has 1 aromatic carbocycles. The van der Waals surface area contributed by atoms with Crippen LogP contribution in [0.15, 0.2) is 12.1 Å². The zero-order valence-electron chi connectivity index (χ0n) is 16.9. The molecule has 0 aliphatic carbocycles. The first-order valence-corrected chi connectivity index (χ1v) is 8.47. The third-order valence-electron chi connectivity index (χ3n) is 4.38. The van der Waals surface area contributed by atoms with Crippen LogP contribution in [0.4, 0.5) is 23.7 Å². The number of aryl methyl sites for hydroxylation is 2. The van der Waals surface area contributed by atoms with Gasteiger partial charge in [0.15, 0.2) is 17.5 Å². The lowest BCUT2D eigenvalue weighted by Gasteiger charge is -2.23. The summed E-state index contributed by atoms with van der Waals surface area (Å²) in [7, 11) is 5.71. The zero-order chi connectivity index (χ0) is 21.9. The van der Waals surface area contributed by atoms with Crippen LogP contribution in [-0.4, -0.2) is 43.3 Å². The standard InChI is InChI=1S/C18H23F3N4O4/c1-9-14(10(2)25(3)24-9)16(18(19,20)21)23-17(26)22-11-7-12(27-4)15(29-6)13(8-11)28-5/h7-8,16H,1-6H3,(H2,22,23,26)/t16-/m1/s1. The summed E-state index contributed by atoms with van der Waals surface area (Å²) in [5.74, 6) is 0.776. The Kier molecular flexibility index (Phi) is 6.50.